The van der Waals surface area contributed by atoms with E-state index in [0.29, 0.717) is 34.6 Å². The monoisotopic (exact) mass is 770 g/mol. The highest BCUT2D eigenvalue weighted by molar-refractivity contribution is 6.06. The number of fused-ring (bicyclic) bond motifs is 11. The molecular weight excluding hydrogens is 712 g/mol. The largest absolute Gasteiger partial charge is 0.504 e. The third-order valence-electron chi connectivity index (χ3n) is 17.3. The van der Waals surface area contributed by atoms with Gasteiger partial charge in [0.25, 0.3) is 0 Å². The Hall–Kier alpha value is -3.89. The Morgan fingerprint density at radius 1 is 0.857 bits per heavy atom. The number of rotatable bonds is 1. The highest BCUT2D eigenvalue weighted by Gasteiger charge is 2.70. The summed E-state index contributed by atoms with van der Waals surface area (Å²) in [5, 5.41) is 61.0. The number of carbonyl (C=O) groups excluding carboxylic acids is 2. The summed E-state index contributed by atoms with van der Waals surface area (Å²) in [4.78, 5) is 38.0. The summed E-state index contributed by atoms with van der Waals surface area (Å²) < 4.78 is 5.40. The van der Waals surface area contributed by atoms with Gasteiger partial charge in [-0.05, 0) is 145 Å². The third-order valence-corrected chi connectivity index (χ3v) is 17.3. The molecule has 10 atom stereocenters. The summed E-state index contributed by atoms with van der Waals surface area (Å²) in [6, 6.07) is 2.77. The molecule has 10 heteroatoms. The lowest BCUT2D eigenvalue weighted by molar-refractivity contribution is -0.202. The minimum Gasteiger partial charge on any atom is -0.504 e. The molecule has 10 unspecified atom stereocenters. The smallest absolute Gasteiger partial charge is 0.309 e. The lowest BCUT2D eigenvalue weighted by atomic mass is 9.33. The fraction of sp³-hybridized carbons (Fsp3) is 0.630. The van der Waals surface area contributed by atoms with E-state index >= 15 is 0 Å². The summed E-state index contributed by atoms with van der Waals surface area (Å²) in [6.45, 7) is 15.7. The first kappa shape index (κ1) is 39.0. The summed E-state index contributed by atoms with van der Waals surface area (Å²) in [5.41, 5.74) is 0.939. The van der Waals surface area contributed by atoms with Gasteiger partial charge >= 0.3 is 5.97 Å². The van der Waals surface area contributed by atoms with Crippen molar-refractivity contribution in [3.63, 3.8) is 0 Å². The molecule has 0 spiro atoms. The molecule has 0 aromatic heterocycles. The second-order valence-electron chi connectivity index (χ2n) is 20.6. The van der Waals surface area contributed by atoms with Crippen LogP contribution in [0.4, 0.5) is 0 Å². The predicted molar refractivity (Wildman–Crippen MR) is 208 cm³/mol. The van der Waals surface area contributed by atoms with Crippen LogP contribution in [0.5, 0.6) is 11.5 Å². The highest BCUT2D eigenvalue weighted by Crippen LogP contribution is 2.75. The van der Waals surface area contributed by atoms with Crippen LogP contribution in [0.3, 0.4) is 0 Å². The normalized spacial score (nSPS) is 43.0. The lowest BCUT2D eigenvalue weighted by Gasteiger charge is -2.70. The fourth-order valence-electron chi connectivity index (χ4n) is 13.6. The molecule has 9 rings (SSSR count). The van der Waals surface area contributed by atoms with Gasteiger partial charge in [-0.15, -0.1) is 0 Å². The molecule has 7 aliphatic carbocycles. The summed E-state index contributed by atoms with van der Waals surface area (Å²) >= 11 is 0. The number of carbonyl (C=O) groups is 3. The minimum absolute atomic E-state index is 0.0296. The van der Waals surface area contributed by atoms with Gasteiger partial charge in [0, 0.05) is 23.5 Å². The molecule has 0 radical (unpaired) electrons. The van der Waals surface area contributed by atoms with Crippen LogP contribution in [0.25, 0.3) is 5.57 Å². The standard InChI is InChI=1S/C30H46O4.C16H12O6/c1-25(2)21-8-11-30(7)23(28(21,5)10-9-22(25)32)20(31)16-18-19-17-27(4,24(33)34)13-12-26(19,3)14-15-29(18,30)6;17-10-2-1-8-13-9-4-12(19)11(18)3-7(9)5-16(13,21)6-22-15(8)14(10)20/h16,19,21-23,32H,8-15,17H2,1-7H3,(H,33,34);1-4,18-21H,5-6H2. The van der Waals surface area contributed by atoms with E-state index < -0.39 is 28.5 Å². The van der Waals surface area contributed by atoms with Crippen molar-refractivity contribution in [3.8, 4) is 11.5 Å². The zero-order valence-electron chi connectivity index (χ0n) is 33.8. The SMILES string of the molecule is CC1(C(=O)O)CCC2(C)CCC3(C)C(=CC(=O)C4C5(C)CCC(O)C(C)(C)C5CCC43C)C2C1.O=C1C=CC2=C3c4cc(O)c(O)cc4CC3(O)COC2=C1O. The molecule has 0 saturated heterocycles. The van der Waals surface area contributed by atoms with Gasteiger partial charge in [0.15, 0.2) is 23.0 Å². The number of hydrogen-bond acceptors (Lipinski definition) is 9. The Morgan fingerprint density at radius 3 is 2.23 bits per heavy atom. The van der Waals surface area contributed by atoms with Crippen molar-refractivity contribution >= 4 is 23.1 Å². The van der Waals surface area contributed by atoms with E-state index in [9.17, 15) is 45.0 Å². The molecule has 0 amide bonds. The van der Waals surface area contributed by atoms with E-state index in [-0.39, 0.29) is 81.1 Å². The second-order valence-corrected chi connectivity index (χ2v) is 20.6. The molecule has 1 aromatic carbocycles. The first-order chi connectivity index (χ1) is 26.0. The quantitative estimate of drug-likeness (QED) is 0.157. The van der Waals surface area contributed by atoms with Gasteiger partial charge in [-0.1, -0.05) is 47.1 Å². The molecule has 4 saturated carbocycles. The first-order valence-corrected chi connectivity index (χ1v) is 20.4. The Balaban J connectivity index is 0.000000172. The average molecular weight is 771 g/mol. The van der Waals surface area contributed by atoms with Gasteiger partial charge in [0.2, 0.25) is 11.5 Å². The Kier molecular flexibility index (Phi) is 8.40. The number of aliphatic carboxylic acids is 1. The van der Waals surface area contributed by atoms with Crippen LogP contribution in [0.1, 0.15) is 117 Å². The van der Waals surface area contributed by atoms with E-state index in [1.54, 1.807) is 0 Å². The molecule has 0 bridgehead atoms. The van der Waals surface area contributed by atoms with Crippen LogP contribution >= 0.6 is 0 Å². The van der Waals surface area contributed by atoms with Crippen LogP contribution in [0.15, 0.2) is 53.0 Å². The van der Waals surface area contributed by atoms with E-state index in [1.165, 1.54) is 29.9 Å². The topological polar surface area (TPSA) is 182 Å². The number of allylic oxidation sites excluding steroid dienone is 4. The summed E-state index contributed by atoms with van der Waals surface area (Å²) in [7, 11) is 0. The van der Waals surface area contributed by atoms with E-state index in [0.717, 1.165) is 51.4 Å². The van der Waals surface area contributed by atoms with Crippen molar-refractivity contribution in [1.82, 2.24) is 0 Å². The zero-order valence-corrected chi connectivity index (χ0v) is 33.8. The molecule has 302 valence electrons. The molecule has 56 heavy (non-hydrogen) atoms. The Bertz CT molecular complexity index is 2090. The number of phenols is 2. The van der Waals surface area contributed by atoms with Gasteiger partial charge in [0.05, 0.1) is 11.5 Å². The van der Waals surface area contributed by atoms with Gasteiger partial charge in [-0.2, -0.15) is 0 Å². The molecule has 6 N–H and O–H groups in total. The van der Waals surface area contributed by atoms with Crippen molar-refractivity contribution in [2.75, 3.05) is 6.61 Å². The zero-order chi connectivity index (χ0) is 40.8. The maximum Gasteiger partial charge on any atom is 0.309 e. The average Bonchev–Trinajstić information content (AvgIpc) is 3.41. The van der Waals surface area contributed by atoms with Crippen LogP contribution in [-0.2, 0) is 25.5 Å². The molecular formula is C46H58O10. The number of ketones is 2. The second kappa shape index (κ2) is 12.1. The number of aliphatic hydroxyl groups excluding tert-OH is 2. The summed E-state index contributed by atoms with van der Waals surface area (Å²) in [5.74, 6) is -1.52. The van der Waals surface area contributed by atoms with Gasteiger partial charge in [-0.25, -0.2) is 0 Å². The predicted octanol–water partition coefficient (Wildman–Crippen LogP) is 7.49. The molecule has 1 heterocycles. The van der Waals surface area contributed by atoms with Gasteiger partial charge in [0.1, 0.15) is 12.2 Å². The fourth-order valence-corrected chi connectivity index (χ4v) is 13.6. The molecule has 10 nitrogen and oxygen atoms in total. The number of benzene rings is 1. The molecule has 1 aromatic rings. The minimum atomic E-state index is -1.33. The molecule has 4 fully saturated rings. The van der Waals surface area contributed by atoms with Crippen molar-refractivity contribution in [2.45, 2.75) is 124 Å². The number of carboxylic acids is 1. The van der Waals surface area contributed by atoms with Crippen LogP contribution in [-0.4, -0.2) is 66.5 Å². The maximum atomic E-state index is 14.2. The van der Waals surface area contributed by atoms with Crippen molar-refractivity contribution in [3.05, 3.63) is 64.2 Å². The number of ether oxygens (including phenoxy) is 1. The van der Waals surface area contributed by atoms with Crippen molar-refractivity contribution < 1.29 is 49.8 Å². The van der Waals surface area contributed by atoms with Crippen molar-refractivity contribution in [2.24, 2.45) is 50.2 Å². The molecule has 1 aliphatic heterocycles. The third kappa shape index (κ3) is 5.09. The van der Waals surface area contributed by atoms with Crippen LogP contribution < -0.4 is 0 Å². The number of hydrogen-bond donors (Lipinski definition) is 6. The van der Waals surface area contributed by atoms with E-state index in [4.69, 9.17) is 4.74 Å². The van der Waals surface area contributed by atoms with Gasteiger partial charge < -0.3 is 35.4 Å². The first-order valence-electron chi connectivity index (χ1n) is 20.4. The molecule has 8 aliphatic rings. The van der Waals surface area contributed by atoms with Crippen LogP contribution in [0, 0.1) is 50.2 Å². The van der Waals surface area contributed by atoms with Gasteiger partial charge in [-0.3, -0.25) is 14.4 Å². The van der Waals surface area contributed by atoms with Crippen molar-refractivity contribution in [1.29, 1.82) is 0 Å². The number of carboxylic acid groups (broad SMARTS) is 1. The number of aliphatic hydroxyl groups is 3. The Labute approximate surface area is 329 Å². The highest BCUT2D eigenvalue weighted by atomic mass is 16.5. The van der Waals surface area contributed by atoms with E-state index in [1.807, 2.05) is 13.0 Å². The number of aromatic hydroxyl groups is 2. The number of phenolic OH excluding ortho intramolecular Hbond substituents is 2. The summed E-state index contributed by atoms with van der Waals surface area (Å²) in [6.07, 6.45) is 12.9. The van der Waals surface area contributed by atoms with Crippen LogP contribution in [0.2, 0.25) is 0 Å². The Morgan fingerprint density at radius 2 is 1.54 bits per heavy atom. The lowest BCUT2D eigenvalue weighted by Crippen LogP contribution is -2.66. The maximum absolute atomic E-state index is 14.2. The van der Waals surface area contributed by atoms with E-state index in [2.05, 4.69) is 41.5 Å².